The summed E-state index contributed by atoms with van der Waals surface area (Å²) in [6.07, 6.45) is 2.44. The minimum absolute atomic E-state index is 0.318. The fourth-order valence-corrected chi connectivity index (χ4v) is 4.40. The second-order valence-corrected chi connectivity index (χ2v) is 7.40. The first kappa shape index (κ1) is 16.6. The van der Waals surface area contributed by atoms with E-state index in [0.717, 1.165) is 32.7 Å². The van der Waals surface area contributed by atoms with Gasteiger partial charge in [0.1, 0.15) is 5.82 Å². The fraction of sp³-hybridized carbons (Fsp3) is 0.333. The van der Waals surface area contributed by atoms with Gasteiger partial charge in [-0.3, -0.25) is 4.90 Å². The predicted octanol–water partition coefficient (Wildman–Crippen LogP) is 3.01. The number of anilines is 1. The molecule has 1 unspecified atom stereocenters. The molecule has 1 aromatic heterocycles. The highest BCUT2D eigenvalue weighted by Crippen LogP contribution is 2.26. The van der Waals surface area contributed by atoms with Gasteiger partial charge in [-0.2, -0.15) is 10.4 Å². The average Bonchev–Trinajstić information content (AvgIpc) is 3.03. The number of aromatic nitrogens is 2. The van der Waals surface area contributed by atoms with Crippen molar-refractivity contribution in [2.45, 2.75) is 6.54 Å². The van der Waals surface area contributed by atoms with Gasteiger partial charge in [-0.05, 0) is 46.3 Å². The number of nitrogens with zero attached hydrogens (tertiary/aromatic N) is 5. The number of benzene rings is 1. The lowest BCUT2D eigenvalue weighted by Crippen LogP contribution is -2.46. The number of piperazine rings is 1. The van der Waals surface area contributed by atoms with Gasteiger partial charge in [-0.15, -0.1) is 0 Å². The highest BCUT2D eigenvalue weighted by molar-refractivity contribution is 14.2. The molecule has 0 N–H and O–H groups in total. The monoisotopic (exact) mass is 443 g/mol. The van der Waals surface area contributed by atoms with Crippen LogP contribution in [0.3, 0.4) is 0 Å². The highest BCUT2D eigenvalue weighted by atomic mass is 127. The molecule has 1 saturated heterocycles. The third-order valence-electron chi connectivity index (χ3n) is 3.98. The van der Waals surface area contributed by atoms with Crippen molar-refractivity contribution >= 4 is 34.1 Å². The molecule has 0 saturated carbocycles. The zero-order valence-electron chi connectivity index (χ0n) is 12.4. The topological polar surface area (TPSA) is 48.1 Å². The van der Waals surface area contributed by atoms with Gasteiger partial charge in [-0.1, -0.05) is 0 Å². The molecule has 8 heteroatoms. The number of halogens is 2. The Balaban J connectivity index is 1.61. The number of nitriles is 1. The molecule has 1 aliphatic heterocycles. The van der Waals surface area contributed by atoms with E-state index in [9.17, 15) is 4.39 Å². The van der Waals surface area contributed by atoms with E-state index in [2.05, 4.69) is 38.1 Å². The molecule has 1 aliphatic rings. The van der Waals surface area contributed by atoms with Gasteiger partial charge in [0.05, 0.1) is 29.4 Å². The SMILES string of the molecule is N#Cc1ccc(N2CCN(Cc3ccnn3PI)CC2)c(F)c1. The standard InChI is InChI=1S/C15H16FIN5P/c16-14-9-12(10-18)1-2-15(14)21-7-5-20(6-8-21)11-13-3-4-19-22(13)23-17/h1-4,9,23H,5-8,11H2. The van der Waals surface area contributed by atoms with Gasteiger partial charge in [0.2, 0.25) is 0 Å². The van der Waals surface area contributed by atoms with Crippen molar-refractivity contribution < 1.29 is 4.39 Å². The highest BCUT2D eigenvalue weighted by Gasteiger charge is 2.20. The third-order valence-corrected chi connectivity index (χ3v) is 5.91. The summed E-state index contributed by atoms with van der Waals surface area (Å²) in [5.74, 6) is -0.318. The van der Waals surface area contributed by atoms with Crippen molar-refractivity contribution in [3.05, 3.63) is 47.5 Å². The van der Waals surface area contributed by atoms with Gasteiger partial charge in [0, 0.05) is 38.9 Å². The molecule has 0 amide bonds. The zero-order valence-corrected chi connectivity index (χ0v) is 15.6. The van der Waals surface area contributed by atoms with Crippen molar-refractivity contribution in [1.82, 2.24) is 14.5 Å². The Hall–Kier alpha value is -1.23. The Bertz CT molecular complexity index is 721. The number of rotatable bonds is 4. The molecular formula is C15H16FIN5P. The molecule has 1 fully saturated rings. The largest absolute Gasteiger partial charge is 0.367 e. The van der Waals surface area contributed by atoms with Crippen molar-refractivity contribution in [3.63, 3.8) is 0 Å². The van der Waals surface area contributed by atoms with Crippen LogP contribution in [0.4, 0.5) is 10.1 Å². The molecule has 0 spiro atoms. The first-order valence-electron chi connectivity index (χ1n) is 7.28. The fourth-order valence-electron chi connectivity index (χ4n) is 2.74. The summed E-state index contributed by atoms with van der Waals surface area (Å²) in [7, 11) is 0. The molecule has 5 nitrogen and oxygen atoms in total. The third kappa shape index (κ3) is 3.82. The zero-order chi connectivity index (χ0) is 16.2. The number of hydrogen-bond acceptors (Lipinski definition) is 4. The summed E-state index contributed by atoms with van der Waals surface area (Å²) in [6, 6.07) is 8.70. The van der Waals surface area contributed by atoms with Crippen LogP contribution in [0.15, 0.2) is 30.5 Å². The predicted molar refractivity (Wildman–Crippen MR) is 98.6 cm³/mol. The van der Waals surface area contributed by atoms with Crippen LogP contribution in [-0.4, -0.2) is 40.6 Å². The molecule has 2 aromatic rings. The van der Waals surface area contributed by atoms with Crippen LogP contribution in [0, 0.1) is 17.1 Å². The normalized spacial score (nSPS) is 16.1. The minimum Gasteiger partial charge on any atom is -0.367 e. The maximum Gasteiger partial charge on any atom is 0.147 e. The summed E-state index contributed by atoms with van der Waals surface area (Å²) in [6.45, 7) is 4.20. The van der Waals surface area contributed by atoms with E-state index >= 15 is 0 Å². The maximum absolute atomic E-state index is 14.1. The first-order chi connectivity index (χ1) is 11.2. The van der Waals surface area contributed by atoms with Gasteiger partial charge < -0.3 is 4.90 Å². The van der Waals surface area contributed by atoms with Crippen molar-refractivity contribution in [2.24, 2.45) is 0 Å². The van der Waals surface area contributed by atoms with Gasteiger partial charge in [-0.25, -0.2) is 8.84 Å². The van der Waals surface area contributed by atoms with E-state index in [1.165, 1.54) is 11.8 Å². The molecular weight excluding hydrogens is 427 g/mol. The van der Waals surface area contributed by atoms with Crippen molar-refractivity contribution in [2.75, 3.05) is 31.1 Å². The second-order valence-electron chi connectivity index (χ2n) is 5.36. The first-order valence-corrected chi connectivity index (χ1v) is 11.3. The Morgan fingerprint density at radius 3 is 2.70 bits per heavy atom. The Kier molecular flexibility index (Phi) is 5.46. The molecule has 1 atom stereocenters. The molecule has 1 aromatic carbocycles. The van der Waals surface area contributed by atoms with Gasteiger partial charge in [0.25, 0.3) is 0 Å². The Morgan fingerprint density at radius 1 is 1.26 bits per heavy atom. The van der Waals surface area contributed by atoms with E-state index in [-0.39, 0.29) is 5.82 Å². The smallest absolute Gasteiger partial charge is 0.147 e. The van der Waals surface area contributed by atoms with E-state index in [1.807, 2.05) is 21.6 Å². The average molecular weight is 443 g/mol. The van der Waals surface area contributed by atoms with Gasteiger partial charge >= 0.3 is 0 Å². The van der Waals surface area contributed by atoms with E-state index in [4.69, 9.17) is 5.26 Å². The van der Waals surface area contributed by atoms with Crippen LogP contribution >= 0.6 is 28.4 Å². The molecule has 2 heterocycles. The quantitative estimate of drug-likeness (QED) is 0.539. The van der Waals surface area contributed by atoms with Crippen LogP contribution in [0.1, 0.15) is 11.3 Å². The van der Waals surface area contributed by atoms with E-state index in [1.54, 1.807) is 12.1 Å². The van der Waals surface area contributed by atoms with Crippen LogP contribution < -0.4 is 4.90 Å². The van der Waals surface area contributed by atoms with Crippen LogP contribution in [0.5, 0.6) is 0 Å². The van der Waals surface area contributed by atoms with E-state index in [0.29, 0.717) is 17.6 Å². The van der Waals surface area contributed by atoms with Crippen LogP contribution in [0.25, 0.3) is 0 Å². The summed E-state index contributed by atoms with van der Waals surface area (Å²) in [5, 5.41) is 13.1. The summed E-state index contributed by atoms with van der Waals surface area (Å²) in [4.78, 5) is 4.41. The van der Waals surface area contributed by atoms with Crippen molar-refractivity contribution in [1.29, 1.82) is 5.26 Å². The molecule has 0 aliphatic carbocycles. The lowest BCUT2D eigenvalue weighted by Gasteiger charge is -2.36. The van der Waals surface area contributed by atoms with Crippen LogP contribution in [-0.2, 0) is 6.54 Å². The minimum atomic E-state index is -0.318. The van der Waals surface area contributed by atoms with Crippen LogP contribution in [0.2, 0.25) is 0 Å². The lowest BCUT2D eigenvalue weighted by atomic mass is 10.2. The number of hydrogen-bond donors (Lipinski definition) is 0. The summed E-state index contributed by atoms with van der Waals surface area (Å²) in [5.41, 5.74) is 2.16. The molecule has 23 heavy (non-hydrogen) atoms. The molecule has 0 radical (unpaired) electrons. The Labute approximate surface area is 149 Å². The Morgan fingerprint density at radius 2 is 2.04 bits per heavy atom. The maximum atomic E-state index is 14.1. The second kappa shape index (κ2) is 7.56. The van der Waals surface area contributed by atoms with Gasteiger partial charge in [0.15, 0.2) is 0 Å². The molecule has 120 valence electrons. The van der Waals surface area contributed by atoms with E-state index < -0.39 is 0 Å². The molecule has 3 rings (SSSR count). The molecule has 0 bridgehead atoms. The van der Waals surface area contributed by atoms with Crippen molar-refractivity contribution in [3.8, 4) is 6.07 Å². The lowest BCUT2D eigenvalue weighted by molar-refractivity contribution is 0.245. The summed E-state index contributed by atoms with van der Waals surface area (Å²) >= 11 is 2.33. The summed E-state index contributed by atoms with van der Waals surface area (Å²) < 4.78 is 16.1.